The number of nitriles is 2. The number of rotatable bonds is 5. The summed E-state index contributed by atoms with van der Waals surface area (Å²) < 4.78 is 15.6. The second-order valence-electron chi connectivity index (χ2n) is 11.4. The lowest BCUT2D eigenvalue weighted by Gasteiger charge is -2.37. The smallest absolute Gasteiger partial charge is 0.270 e. The fourth-order valence-corrected chi connectivity index (χ4v) is 5.28. The zero-order chi connectivity index (χ0) is 29.4. The lowest BCUT2D eigenvalue weighted by molar-refractivity contribution is -0.0000448. The van der Waals surface area contributed by atoms with E-state index in [9.17, 15) is 19.7 Å². The predicted molar refractivity (Wildman–Crippen MR) is 152 cm³/mol. The van der Waals surface area contributed by atoms with Crippen molar-refractivity contribution >= 4 is 22.4 Å². The van der Waals surface area contributed by atoms with E-state index in [0.29, 0.717) is 28.0 Å². The maximum Gasteiger partial charge on any atom is 0.270 e. The predicted octanol–water partition coefficient (Wildman–Crippen LogP) is 5.04. The van der Waals surface area contributed by atoms with Crippen LogP contribution in [0.1, 0.15) is 74.5 Å². The summed E-state index contributed by atoms with van der Waals surface area (Å²) in [7, 11) is 3.47. The van der Waals surface area contributed by atoms with Crippen molar-refractivity contribution in [3.63, 3.8) is 0 Å². The minimum atomic E-state index is -0.497. The Balaban J connectivity index is 1.69. The van der Waals surface area contributed by atoms with Crippen LogP contribution in [0.3, 0.4) is 0 Å². The number of hydrogen-bond acceptors (Lipinski definition) is 8. The lowest BCUT2D eigenvalue weighted by atomic mass is 9.80. The highest BCUT2D eigenvalue weighted by atomic mass is 19.1. The van der Waals surface area contributed by atoms with Crippen LogP contribution in [-0.2, 0) is 11.9 Å². The third-order valence-electron chi connectivity index (χ3n) is 7.46. The highest BCUT2D eigenvalue weighted by Crippen LogP contribution is 2.36. The fraction of sp³-hybridized carbons (Fsp3) is 0.467. The van der Waals surface area contributed by atoms with E-state index >= 15 is 0 Å². The van der Waals surface area contributed by atoms with Crippen molar-refractivity contribution < 1.29 is 9.23 Å². The molecule has 1 fully saturated rings. The molecule has 10 heteroatoms. The SMILES string of the molecule is Cc1cc(/C(=N/OC(C)(C)C)[C@H]2CC[C@H](N(C)c3c(C#N)c(=O)n(C)c4ccc(C#N)nc34)CC2)c(C)nc1F. The normalized spacial score (nSPS) is 17.8. The summed E-state index contributed by atoms with van der Waals surface area (Å²) in [6.07, 6.45) is 3.03. The van der Waals surface area contributed by atoms with Crippen LogP contribution in [0, 0.1) is 48.4 Å². The first-order valence-corrected chi connectivity index (χ1v) is 13.3. The number of halogens is 1. The maximum atomic E-state index is 14.2. The van der Waals surface area contributed by atoms with Gasteiger partial charge in [0, 0.05) is 42.9 Å². The Morgan fingerprint density at radius 2 is 1.82 bits per heavy atom. The van der Waals surface area contributed by atoms with Gasteiger partial charge >= 0.3 is 0 Å². The van der Waals surface area contributed by atoms with E-state index < -0.39 is 17.1 Å². The molecule has 0 atom stereocenters. The van der Waals surface area contributed by atoms with Crippen LogP contribution in [0.15, 0.2) is 28.1 Å². The second kappa shape index (κ2) is 11.1. The Labute approximate surface area is 233 Å². The largest absolute Gasteiger partial charge is 0.390 e. The van der Waals surface area contributed by atoms with Crippen molar-refractivity contribution in [2.45, 2.75) is 71.9 Å². The third-order valence-corrected chi connectivity index (χ3v) is 7.46. The lowest BCUT2D eigenvalue weighted by Crippen LogP contribution is -2.39. The Morgan fingerprint density at radius 1 is 1.15 bits per heavy atom. The van der Waals surface area contributed by atoms with Crippen molar-refractivity contribution in [3.8, 4) is 12.1 Å². The average molecular weight is 544 g/mol. The Morgan fingerprint density at radius 3 is 2.42 bits per heavy atom. The first-order chi connectivity index (χ1) is 18.9. The highest BCUT2D eigenvalue weighted by molar-refractivity contribution is 6.03. The zero-order valence-corrected chi connectivity index (χ0v) is 24.0. The molecular formula is C30H34FN7O2. The van der Waals surface area contributed by atoms with Gasteiger partial charge in [0.25, 0.3) is 5.56 Å². The second-order valence-corrected chi connectivity index (χ2v) is 11.4. The number of aromatic nitrogens is 3. The van der Waals surface area contributed by atoms with Crippen LogP contribution in [0.2, 0.25) is 0 Å². The quantitative estimate of drug-likeness (QED) is 0.251. The van der Waals surface area contributed by atoms with Crippen molar-refractivity contribution in [3.05, 3.63) is 62.6 Å². The molecule has 0 amide bonds. The molecule has 0 N–H and O–H groups in total. The summed E-state index contributed by atoms with van der Waals surface area (Å²) in [6.45, 7) is 9.24. The fourth-order valence-electron chi connectivity index (χ4n) is 5.28. The van der Waals surface area contributed by atoms with Gasteiger partial charge < -0.3 is 14.3 Å². The molecule has 208 valence electrons. The van der Waals surface area contributed by atoms with Gasteiger partial charge in [-0.3, -0.25) is 4.79 Å². The molecule has 3 aromatic rings. The minimum absolute atomic E-state index is 0.00604. The zero-order valence-electron chi connectivity index (χ0n) is 24.0. The summed E-state index contributed by atoms with van der Waals surface area (Å²) in [5, 5.41) is 24.0. The van der Waals surface area contributed by atoms with Gasteiger partial charge in [-0.05, 0) is 78.5 Å². The molecule has 40 heavy (non-hydrogen) atoms. The summed E-state index contributed by atoms with van der Waals surface area (Å²) >= 11 is 0. The molecule has 0 spiro atoms. The van der Waals surface area contributed by atoms with Gasteiger partial charge in [0.05, 0.1) is 16.9 Å². The standard InChI is InChI=1S/C30H34FN7O2/c1-17-14-22(18(2)34-28(17)31)25(36-40-30(3,4)5)19-8-11-21(12-9-19)37(6)27-23(16-33)29(39)38(7)24-13-10-20(15-32)35-26(24)27/h10,13-14,19,21H,8-9,11-12H2,1-7H3/b36-25+/t19-,21-. The summed E-state index contributed by atoms with van der Waals surface area (Å²) in [5.41, 5.74) is 3.31. The van der Waals surface area contributed by atoms with E-state index in [1.54, 1.807) is 39.1 Å². The number of hydrogen-bond donors (Lipinski definition) is 0. The van der Waals surface area contributed by atoms with E-state index in [1.165, 1.54) is 4.57 Å². The molecule has 3 aromatic heterocycles. The molecule has 0 aliphatic heterocycles. The van der Waals surface area contributed by atoms with E-state index in [0.717, 1.165) is 37.0 Å². The number of anilines is 1. The van der Waals surface area contributed by atoms with Gasteiger partial charge in [-0.15, -0.1) is 0 Å². The van der Waals surface area contributed by atoms with E-state index in [1.807, 2.05) is 32.7 Å². The molecule has 0 unspecified atom stereocenters. The Hall–Kier alpha value is -4.31. The van der Waals surface area contributed by atoms with Gasteiger partial charge in [0.2, 0.25) is 5.95 Å². The molecule has 4 rings (SSSR count). The molecule has 3 heterocycles. The van der Waals surface area contributed by atoms with Crippen molar-refractivity contribution in [2.24, 2.45) is 18.1 Å². The topological polar surface area (TPSA) is 120 Å². The summed E-state index contributed by atoms with van der Waals surface area (Å²) in [5.74, 6) is -0.443. The van der Waals surface area contributed by atoms with Crippen molar-refractivity contribution in [1.29, 1.82) is 10.5 Å². The van der Waals surface area contributed by atoms with Gasteiger partial charge in [0.15, 0.2) is 0 Å². The van der Waals surface area contributed by atoms with E-state index in [-0.39, 0.29) is 23.2 Å². The van der Waals surface area contributed by atoms with Crippen LogP contribution in [0.4, 0.5) is 10.1 Å². The van der Waals surface area contributed by atoms with E-state index in [4.69, 9.17) is 4.84 Å². The molecule has 1 saturated carbocycles. The van der Waals surface area contributed by atoms with Gasteiger partial charge in [0.1, 0.15) is 34.5 Å². The van der Waals surface area contributed by atoms with Crippen LogP contribution in [0.25, 0.3) is 11.0 Å². The van der Waals surface area contributed by atoms with Crippen molar-refractivity contribution in [2.75, 3.05) is 11.9 Å². The summed E-state index contributed by atoms with van der Waals surface area (Å²) in [4.78, 5) is 29.5. The first kappa shape index (κ1) is 28.7. The molecule has 9 nitrogen and oxygen atoms in total. The minimum Gasteiger partial charge on any atom is -0.390 e. The average Bonchev–Trinajstić information content (AvgIpc) is 2.92. The number of fused-ring (bicyclic) bond motifs is 1. The van der Waals surface area contributed by atoms with Crippen molar-refractivity contribution in [1.82, 2.24) is 14.5 Å². The molecule has 0 bridgehead atoms. The molecule has 1 aliphatic carbocycles. The van der Waals surface area contributed by atoms with Gasteiger partial charge in [-0.1, -0.05) is 5.16 Å². The molecular weight excluding hydrogens is 509 g/mol. The molecule has 0 radical (unpaired) electrons. The molecule has 0 aromatic carbocycles. The summed E-state index contributed by atoms with van der Waals surface area (Å²) in [6, 6.07) is 9.19. The first-order valence-electron chi connectivity index (χ1n) is 13.3. The Bertz CT molecular complexity index is 1630. The van der Waals surface area contributed by atoms with Gasteiger partial charge in [-0.2, -0.15) is 14.9 Å². The van der Waals surface area contributed by atoms with Gasteiger partial charge in [-0.25, -0.2) is 9.97 Å². The van der Waals surface area contributed by atoms with E-state index in [2.05, 4.69) is 27.3 Å². The number of oxime groups is 1. The Kier molecular flexibility index (Phi) is 7.93. The molecule has 0 saturated heterocycles. The third kappa shape index (κ3) is 5.53. The molecule has 1 aliphatic rings. The van der Waals surface area contributed by atoms with Crippen LogP contribution < -0.4 is 10.5 Å². The highest BCUT2D eigenvalue weighted by Gasteiger charge is 2.32. The number of nitrogens with zero attached hydrogens (tertiary/aromatic N) is 7. The number of pyridine rings is 3. The number of aryl methyl sites for hydroxylation is 3. The van der Waals surface area contributed by atoms with Crippen LogP contribution >= 0.6 is 0 Å². The van der Waals surface area contributed by atoms with Crippen LogP contribution in [-0.4, -0.2) is 38.9 Å². The van der Waals surface area contributed by atoms with Crippen LogP contribution in [0.5, 0.6) is 0 Å². The monoisotopic (exact) mass is 543 g/mol. The maximum absolute atomic E-state index is 14.2.